The molecule has 1 heterocycles. The van der Waals surface area contributed by atoms with E-state index in [4.69, 9.17) is 11.6 Å². The second-order valence-corrected chi connectivity index (χ2v) is 5.85. The summed E-state index contributed by atoms with van der Waals surface area (Å²) < 4.78 is 0. The van der Waals surface area contributed by atoms with Gasteiger partial charge < -0.3 is 15.5 Å². The summed E-state index contributed by atoms with van der Waals surface area (Å²) in [5.74, 6) is 0.853. The van der Waals surface area contributed by atoms with Crippen molar-refractivity contribution in [3.8, 4) is 0 Å². The Bertz CT molecular complexity index is 483. The van der Waals surface area contributed by atoms with Crippen LogP contribution in [-0.4, -0.2) is 64.2 Å². The maximum absolute atomic E-state index is 6.07. The fraction of sp³-hybridized carbons (Fsp3) is 0.562. The molecule has 0 saturated carbocycles. The highest BCUT2D eigenvalue weighted by Crippen LogP contribution is 2.20. The van der Waals surface area contributed by atoms with Gasteiger partial charge in [0.15, 0.2) is 5.96 Å². The zero-order valence-corrected chi connectivity index (χ0v) is 14.2. The first-order valence-corrected chi connectivity index (χ1v) is 8.22. The van der Waals surface area contributed by atoms with Gasteiger partial charge in [-0.15, -0.1) is 0 Å². The summed E-state index contributed by atoms with van der Waals surface area (Å²) in [7, 11) is 3.66. The zero-order valence-electron chi connectivity index (χ0n) is 13.5. The number of aliphatic imine (C=N–C) groups is 1. The van der Waals surface area contributed by atoms with Gasteiger partial charge in [-0.3, -0.25) is 9.89 Å². The standard InChI is InChI=1S/C16H26ClN5/c1-18-16(19-2)20-7-4-8-21-9-11-22(12-10-21)15-6-3-5-14(17)13-15/h3,5-6,13H,4,7-12H2,1-2H3,(H2,18,19,20). The third kappa shape index (κ3) is 5.07. The molecular formula is C16H26ClN5. The van der Waals surface area contributed by atoms with Gasteiger partial charge in [0, 0.05) is 57.5 Å². The number of anilines is 1. The Morgan fingerprint density at radius 1 is 1.27 bits per heavy atom. The molecule has 2 N–H and O–H groups in total. The Morgan fingerprint density at radius 2 is 2.05 bits per heavy atom. The quantitative estimate of drug-likeness (QED) is 0.491. The predicted molar refractivity (Wildman–Crippen MR) is 95.1 cm³/mol. The third-order valence-electron chi connectivity index (χ3n) is 3.95. The summed E-state index contributed by atoms with van der Waals surface area (Å²) in [6.45, 7) is 6.40. The van der Waals surface area contributed by atoms with Crippen LogP contribution in [0.15, 0.2) is 29.3 Å². The SMILES string of the molecule is CN=C(NC)NCCCN1CCN(c2cccc(Cl)c2)CC1. The molecule has 0 atom stereocenters. The number of guanidine groups is 1. The van der Waals surface area contributed by atoms with Gasteiger partial charge in [0.1, 0.15) is 0 Å². The molecule has 0 unspecified atom stereocenters. The number of nitrogens with zero attached hydrogens (tertiary/aromatic N) is 3. The molecule has 1 fully saturated rings. The zero-order chi connectivity index (χ0) is 15.8. The van der Waals surface area contributed by atoms with Crippen molar-refractivity contribution in [1.29, 1.82) is 0 Å². The molecule has 6 heteroatoms. The number of halogens is 1. The van der Waals surface area contributed by atoms with E-state index in [9.17, 15) is 0 Å². The largest absolute Gasteiger partial charge is 0.369 e. The minimum atomic E-state index is 0.809. The Balaban J connectivity index is 1.67. The first kappa shape index (κ1) is 16.9. The van der Waals surface area contributed by atoms with E-state index in [2.05, 4.69) is 31.5 Å². The third-order valence-corrected chi connectivity index (χ3v) is 4.18. The molecule has 0 aromatic heterocycles. The van der Waals surface area contributed by atoms with Gasteiger partial charge in [-0.05, 0) is 31.2 Å². The van der Waals surface area contributed by atoms with E-state index in [1.54, 1.807) is 7.05 Å². The maximum Gasteiger partial charge on any atom is 0.190 e. The highest BCUT2D eigenvalue weighted by molar-refractivity contribution is 6.30. The topological polar surface area (TPSA) is 42.9 Å². The molecule has 0 bridgehead atoms. The molecule has 122 valence electrons. The van der Waals surface area contributed by atoms with Gasteiger partial charge in [-0.25, -0.2) is 0 Å². The highest BCUT2D eigenvalue weighted by Gasteiger charge is 2.16. The molecule has 0 spiro atoms. The highest BCUT2D eigenvalue weighted by atomic mass is 35.5. The van der Waals surface area contributed by atoms with Crippen molar-refractivity contribution in [1.82, 2.24) is 15.5 Å². The molecule has 0 radical (unpaired) electrons. The summed E-state index contributed by atoms with van der Waals surface area (Å²) in [6, 6.07) is 8.12. The smallest absolute Gasteiger partial charge is 0.190 e. The van der Waals surface area contributed by atoms with Crippen molar-refractivity contribution < 1.29 is 0 Å². The molecule has 1 aromatic rings. The average Bonchev–Trinajstić information content (AvgIpc) is 2.55. The van der Waals surface area contributed by atoms with E-state index in [0.29, 0.717) is 0 Å². The van der Waals surface area contributed by atoms with Gasteiger partial charge >= 0.3 is 0 Å². The van der Waals surface area contributed by atoms with Gasteiger partial charge in [-0.2, -0.15) is 0 Å². The molecular weight excluding hydrogens is 298 g/mol. The first-order chi connectivity index (χ1) is 10.7. The minimum Gasteiger partial charge on any atom is -0.369 e. The predicted octanol–water partition coefficient (Wildman–Crippen LogP) is 1.65. The van der Waals surface area contributed by atoms with Crippen molar-refractivity contribution in [3.05, 3.63) is 29.3 Å². The van der Waals surface area contributed by atoms with Crippen LogP contribution >= 0.6 is 11.6 Å². The number of rotatable bonds is 5. The van der Waals surface area contributed by atoms with Crippen molar-refractivity contribution in [2.24, 2.45) is 4.99 Å². The summed E-state index contributed by atoms with van der Waals surface area (Å²) >= 11 is 6.07. The lowest BCUT2D eigenvalue weighted by molar-refractivity contribution is 0.255. The lowest BCUT2D eigenvalue weighted by Gasteiger charge is -2.36. The van der Waals surface area contributed by atoms with Crippen LogP contribution < -0.4 is 15.5 Å². The number of hydrogen-bond donors (Lipinski definition) is 2. The summed E-state index contributed by atoms with van der Waals surface area (Å²) in [5.41, 5.74) is 1.23. The Labute approximate surface area is 138 Å². The van der Waals surface area contributed by atoms with Crippen LogP contribution in [0.3, 0.4) is 0 Å². The lowest BCUT2D eigenvalue weighted by atomic mass is 10.2. The van der Waals surface area contributed by atoms with Gasteiger partial charge in [0.2, 0.25) is 0 Å². The van der Waals surface area contributed by atoms with Crippen LogP contribution in [0.2, 0.25) is 5.02 Å². The Morgan fingerprint density at radius 3 is 2.68 bits per heavy atom. The average molecular weight is 324 g/mol. The maximum atomic E-state index is 6.07. The first-order valence-electron chi connectivity index (χ1n) is 7.84. The van der Waals surface area contributed by atoms with E-state index in [1.165, 1.54) is 5.69 Å². The Hall–Kier alpha value is -1.46. The van der Waals surface area contributed by atoms with Crippen LogP contribution in [0, 0.1) is 0 Å². The lowest BCUT2D eigenvalue weighted by Crippen LogP contribution is -2.47. The van der Waals surface area contributed by atoms with Crippen LogP contribution in [0.4, 0.5) is 5.69 Å². The number of nitrogens with one attached hydrogen (secondary N) is 2. The number of hydrogen-bond acceptors (Lipinski definition) is 3. The molecule has 1 aliphatic rings. The summed E-state index contributed by atoms with van der Waals surface area (Å²) in [6.07, 6.45) is 1.12. The summed E-state index contributed by atoms with van der Waals surface area (Å²) in [5, 5.41) is 7.12. The fourth-order valence-corrected chi connectivity index (χ4v) is 2.88. The van der Waals surface area contributed by atoms with Crippen LogP contribution in [0.25, 0.3) is 0 Å². The monoisotopic (exact) mass is 323 g/mol. The van der Waals surface area contributed by atoms with Crippen molar-refractivity contribution in [3.63, 3.8) is 0 Å². The molecule has 2 rings (SSSR count). The molecule has 5 nitrogen and oxygen atoms in total. The molecule has 1 aliphatic heterocycles. The van der Waals surface area contributed by atoms with E-state index >= 15 is 0 Å². The second kappa shape index (κ2) is 8.86. The van der Waals surface area contributed by atoms with Crippen LogP contribution in [0.5, 0.6) is 0 Å². The minimum absolute atomic E-state index is 0.809. The van der Waals surface area contributed by atoms with Crippen molar-refractivity contribution in [2.75, 3.05) is 58.3 Å². The van der Waals surface area contributed by atoms with E-state index < -0.39 is 0 Å². The van der Waals surface area contributed by atoms with Crippen LogP contribution in [-0.2, 0) is 0 Å². The van der Waals surface area contributed by atoms with E-state index in [1.807, 2.05) is 25.2 Å². The fourth-order valence-electron chi connectivity index (χ4n) is 2.69. The van der Waals surface area contributed by atoms with E-state index in [-0.39, 0.29) is 0 Å². The normalized spacial score (nSPS) is 16.7. The molecule has 0 amide bonds. The van der Waals surface area contributed by atoms with Crippen LogP contribution in [0.1, 0.15) is 6.42 Å². The summed E-state index contributed by atoms with van der Waals surface area (Å²) in [4.78, 5) is 9.03. The van der Waals surface area contributed by atoms with Gasteiger partial charge in [0.25, 0.3) is 0 Å². The second-order valence-electron chi connectivity index (χ2n) is 5.41. The van der Waals surface area contributed by atoms with E-state index in [0.717, 1.165) is 56.7 Å². The molecule has 22 heavy (non-hydrogen) atoms. The Kier molecular flexibility index (Phi) is 6.80. The molecule has 1 saturated heterocycles. The van der Waals surface area contributed by atoms with Gasteiger partial charge in [-0.1, -0.05) is 17.7 Å². The number of benzene rings is 1. The number of piperazine rings is 1. The molecule has 1 aromatic carbocycles. The molecule has 0 aliphatic carbocycles. The van der Waals surface area contributed by atoms with Crippen molar-refractivity contribution >= 4 is 23.2 Å². The van der Waals surface area contributed by atoms with Gasteiger partial charge in [0.05, 0.1) is 0 Å². The van der Waals surface area contributed by atoms with Crippen molar-refractivity contribution in [2.45, 2.75) is 6.42 Å².